The highest BCUT2D eigenvalue weighted by Gasteiger charge is 2.16. The summed E-state index contributed by atoms with van der Waals surface area (Å²) in [7, 11) is 0. The highest BCUT2D eigenvalue weighted by atomic mass is 16.5. The highest BCUT2D eigenvalue weighted by molar-refractivity contribution is 5.94. The van der Waals surface area contributed by atoms with E-state index in [0.717, 1.165) is 65.3 Å². The summed E-state index contributed by atoms with van der Waals surface area (Å²) in [5, 5.41) is 14.1. The monoisotopic (exact) mass is 386 g/mol. The van der Waals surface area contributed by atoms with Crippen molar-refractivity contribution in [1.82, 2.24) is 4.98 Å². The van der Waals surface area contributed by atoms with Crippen LogP contribution >= 0.6 is 0 Å². The smallest absolute Gasteiger partial charge is 0.0994 e. The zero-order valence-corrected chi connectivity index (χ0v) is 17.2. The zero-order chi connectivity index (χ0) is 20.4. The van der Waals surface area contributed by atoms with Crippen molar-refractivity contribution >= 4 is 22.3 Å². The van der Waals surface area contributed by atoms with Gasteiger partial charge in [-0.25, -0.2) is 0 Å². The van der Waals surface area contributed by atoms with Crippen LogP contribution < -0.4 is 10.2 Å². The lowest BCUT2D eigenvalue weighted by Gasteiger charge is -2.29. The van der Waals surface area contributed by atoms with Gasteiger partial charge in [0.15, 0.2) is 0 Å². The summed E-state index contributed by atoms with van der Waals surface area (Å²) in [6, 6.07) is 16.8. The van der Waals surface area contributed by atoms with E-state index >= 15 is 0 Å². The Kier molecular flexibility index (Phi) is 5.37. The van der Waals surface area contributed by atoms with Crippen molar-refractivity contribution in [2.75, 3.05) is 36.5 Å². The first-order chi connectivity index (χ1) is 14.1. The topological polar surface area (TPSA) is 61.2 Å². The van der Waals surface area contributed by atoms with Gasteiger partial charge in [-0.1, -0.05) is 12.1 Å². The third-order valence-corrected chi connectivity index (χ3v) is 5.63. The van der Waals surface area contributed by atoms with Gasteiger partial charge < -0.3 is 15.0 Å². The van der Waals surface area contributed by atoms with Crippen LogP contribution in [0.25, 0.3) is 10.9 Å². The number of rotatable bonds is 4. The second-order valence-electron chi connectivity index (χ2n) is 7.61. The third kappa shape index (κ3) is 3.90. The highest BCUT2D eigenvalue weighted by Crippen LogP contribution is 2.31. The second kappa shape index (κ2) is 8.10. The van der Waals surface area contributed by atoms with Crippen LogP contribution in [0.4, 0.5) is 11.4 Å². The number of nitrogens with zero attached hydrogens (tertiary/aromatic N) is 3. The first-order valence-corrected chi connectivity index (χ1v) is 10.1. The van der Waals surface area contributed by atoms with Gasteiger partial charge in [0.2, 0.25) is 0 Å². The number of ether oxygens (including phenoxy) is 1. The summed E-state index contributed by atoms with van der Waals surface area (Å²) in [4.78, 5) is 7.08. The molecule has 1 aliphatic rings. The minimum atomic E-state index is 0.0698. The van der Waals surface area contributed by atoms with E-state index in [0.29, 0.717) is 0 Å². The number of hydrogen-bond donors (Lipinski definition) is 1. The number of benzene rings is 2. The maximum absolute atomic E-state index is 9.35. The normalized spacial score (nSPS) is 15.2. The van der Waals surface area contributed by atoms with Crippen LogP contribution in [0.5, 0.6) is 0 Å². The maximum atomic E-state index is 9.35. The Hall–Kier alpha value is -3.10. The molecule has 29 heavy (non-hydrogen) atoms. The number of nitriles is 1. The lowest BCUT2D eigenvalue weighted by molar-refractivity contribution is 0.122. The van der Waals surface area contributed by atoms with Gasteiger partial charge in [-0.2, -0.15) is 5.26 Å². The SMILES string of the molecule is Cc1cc(N[C@H](C)c2cccc(C#N)c2C)c2cc(N3CCOCC3)ccc2n1. The molecule has 5 heteroatoms. The Morgan fingerprint density at radius 2 is 1.93 bits per heavy atom. The molecule has 0 spiro atoms. The number of hydrogen-bond acceptors (Lipinski definition) is 5. The van der Waals surface area contributed by atoms with Crippen molar-refractivity contribution in [3.05, 3.63) is 64.8 Å². The number of pyridine rings is 1. The Balaban J connectivity index is 1.71. The minimum absolute atomic E-state index is 0.0698. The van der Waals surface area contributed by atoms with E-state index < -0.39 is 0 Å². The van der Waals surface area contributed by atoms with E-state index in [-0.39, 0.29) is 6.04 Å². The fourth-order valence-corrected chi connectivity index (χ4v) is 4.04. The Morgan fingerprint density at radius 1 is 1.14 bits per heavy atom. The van der Waals surface area contributed by atoms with Crippen LogP contribution in [-0.4, -0.2) is 31.3 Å². The van der Waals surface area contributed by atoms with E-state index in [1.165, 1.54) is 5.69 Å². The number of nitrogens with one attached hydrogen (secondary N) is 1. The molecule has 1 atom stereocenters. The lowest BCUT2D eigenvalue weighted by atomic mass is 9.97. The molecule has 1 saturated heterocycles. The van der Waals surface area contributed by atoms with Gasteiger partial charge in [0, 0.05) is 41.6 Å². The molecule has 0 aliphatic carbocycles. The summed E-state index contributed by atoms with van der Waals surface area (Å²) in [5.74, 6) is 0. The molecule has 148 valence electrons. The van der Waals surface area contributed by atoms with Crippen LogP contribution in [0, 0.1) is 25.2 Å². The summed E-state index contributed by atoms with van der Waals surface area (Å²) in [5.41, 5.74) is 7.12. The third-order valence-electron chi connectivity index (χ3n) is 5.63. The molecule has 3 aromatic rings. The fourth-order valence-electron chi connectivity index (χ4n) is 4.04. The van der Waals surface area contributed by atoms with E-state index in [9.17, 15) is 5.26 Å². The number of fused-ring (bicyclic) bond motifs is 1. The summed E-state index contributed by atoms with van der Waals surface area (Å²) in [6.45, 7) is 9.51. The minimum Gasteiger partial charge on any atom is -0.378 e. The van der Waals surface area contributed by atoms with Crippen LogP contribution in [-0.2, 0) is 4.74 Å². The van der Waals surface area contributed by atoms with Crippen LogP contribution in [0.3, 0.4) is 0 Å². The molecule has 0 radical (unpaired) electrons. The Labute approximate surface area is 171 Å². The maximum Gasteiger partial charge on any atom is 0.0994 e. The summed E-state index contributed by atoms with van der Waals surface area (Å²) in [6.07, 6.45) is 0. The second-order valence-corrected chi connectivity index (χ2v) is 7.61. The molecular formula is C24H26N4O. The van der Waals surface area contributed by atoms with Gasteiger partial charge >= 0.3 is 0 Å². The zero-order valence-electron chi connectivity index (χ0n) is 17.2. The molecule has 0 unspecified atom stereocenters. The molecule has 0 saturated carbocycles. The van der Waals surface area contributed by atoms with Gasteiger partial charge in [-0.05, 0) is 62.2 Å². The standard InChI is InChI=1S/C24H26N4O/c1-16-13-24(27-18(3)21-6-4-5-19(15-25)17(21)2)22-14-20(7-8-23(22)26-16)28-9-11-29-12-10-28/h4-8,13-14,18H,9-12H2,1-3H3,(H,26,27)/t18-/m1/s1. The molecule has 1 fully saturated rings. The largest absolute Gasteiger partial charge is 0.378 e. The molecule has 2 aromatic carbocycles. The van der Waals surface area contributed by atoms with Crippen LogP contribution in [0.1, 0.15) is 35.3 Å². The van der Waals surface area contributed by atoms with Crippen molar-refractivity contribution in [1.29, 1.82) is 5.26 Å². The van der Waals surface area contributed by atoms with Crippen molar-refractivity contribution in [3.8, 4) is 6.07 Å². The quantitative estimate of drug-likeness (QED) is 0.702. The van der Waals surface area contributed by atoms with Crippen molar-refractivity contribution in [3.63, 3.8) is 0 Å². The average molecular weight is 386 g/mol. The number of morpholine rings is 1. The predicted octanol–water partition coefficient (Wildman–Crippen LogP) is 4.73. The van der Waals surface area contributed by atoms with E-state index in [2.05, 4.69) is 53.5 Å². The van der Waals surface area contributed by atoms with Crippen molar-refractivity contribution in [2.45, 2.75) is 26.8 Å². The fraction of sp³-hybridized carbons (Fsp3) is 0.333. The molecule has 1 aromatic heterocycles. The Morgan fingerprint density at radius 3 is 2.69 bits per heavy atom. The van der Waals surface area contributed by atoms with Crippen LogP contribution in [0.15, 0.2) is 42.5 Å². The number of aryl methyl sites for hydroxylation is 1. The van der Waals surface area contributed by atoms with Crippen LogP contribution in [0.2, 0.25) is 0 Å². The predicted molar refractivity (Wildman–Crippen MR) is 117 cm³/mol. The molecule has 1 N–H and O–H groups in total. The molecule has 5 nitrogen and oxygen atoms in total. The van der Waals surface area contributed by atoms with Gasteiger partial charge in [-0.3, -0.25) is 4.98 Å². The van der Waals surface area contributed by atoms with Crippen molar-refractivity contribution in [2.24, 2.45) is 0 Å². The average Bonchev–Trinajstić information content (AvgIpc) is 2.74. The van der Waals surface area contributed by atoms with Gasteiger partial charge in [0.25, 0.3) is 0 Å². The van der Waals surface area contributed by atoms with Crippen molar-refractivity contribution < 1.29 is 4.74 Å². The number of anilines is 2. The first-order valence-electron chi connectivity index (χ1n) is 10.1. The van der Waals surface area contributed by atoms with E-state index in [4.69, 9.17) is 9.72 Å². The Bertz CT molecular complexity index is 1080. The van der Waals surface area contributed by atoms with Gasteiger partial charge in [0.05, 0.1) is 30.4 Å². The molecule has 0 bridgehead atoms. The van der Waals surface area contributed by atoms with Gasteiger partial charge in [-0.15, -0.1) is 0 Å². The first kappa shape index (κ1) is 19.2. The number of aromatic nitrogens is 1. The summed E-state index contributed by atoms with van der Waals surface area (Å²) < 4.78 is 5.49. The van der Waals surface area contributed by atoms with E-state index in [1.807, 2.05) is 26.0 Å². The summed E-state index contributed by atoms with van der Waals surface area (Å²) >= 11 is 0. The molecule has 1 aliphatic heterocycles. The van der Waals surface area contributed by atoms with E-state index in [1.54, 1.807) is 0 Å². The van der Waals surface area contributed by atoms with Gasteiger partial charge in [0.1, 0.15) is 0 Å². The lowest BCUT2D eigenvalue weighted by Crippen LogP contribution is -2.36. The molecule has 2 heterocycles. The molecule has 4 rings (SSSR count). The molecule has 0 amide bonds. The molecular weight excluding hydrogens is 360 g/mol.